The summed E-state index contributed by atoms with van der Waals surface area (Å²) in [4.78, 5) is 11.1. The summed E-state index contributed by atoms with van der Waals surface area (Å²) in [5.41, 5.74) is 7.17. The molecule has 0 spiro atoms. The highest BCUT2D eigenvalue weighted by molar-refractivity contribution is 9.09. The summed E-state index contributed by atoms with van der Waals surface area (Å²) in [5, 5.41) is 4.28. The van der Waals surface area contributed by atoms with Crippen LogP contribution in [0.4, 0.5) is 0 Å². The van der Waals surface area contributed by atoms with E-state index in [9.17, 15) is 4.79 Å². The van der Waals surface area contributed by atoms with Crippen LogP contribution in [0.25, 0.3) is 10.9 Å². The minimum atomic E-state index is -0.0937. The minimum absolute atomic E-state index is 0.0391. The normalized spacial score (nSPS) is 12.6. The van der Waals surface area contributed by atoms with Gasteiger partial charge in [-0.15, -0.1) is 0 Å². The fraction of sp³-hybridized carbons (Fsp3) is 0.308. The van der Waals surface area contributed by atoms with Gasteiger partial charge in [-0.05, 0) is 17.5 Å². The molecule has 0 aliphatic heterocycles. The van der Waals surface area contributed by atoms with E-state index in [1.54, 1.807) is 0 Å². The molecule has 0 unspecified atom stereocenters. The summed E-state index contributed by atoms with van der Waals surface area (Å²) in [6.07, 6.45) is 2.02. The maximum atomic E-state index is 11.1. The number of para-hydroxylation sites is 1. The molecule has 0 saturated carbocycles. The van der Waals surface area contributed by atoms with Crippen LogP contribution in [-0.4, -0.2) is 28.4 Å². The Morgan fingerprint density at radius 2 is 2.17 bits per heavy atom. The van der Waals surface area contributed by atoms with Crippen molar-refractivity contribution < 1.29 is 4.79 Å². The molecular weight excluding hydrogens is 294 g/mol. The number of carbonyl (C=O) groups excluding carboxylic acids is 1. The third-order valence-corrected chi connectivity index (χ3v) is 3.30. The van der Waals surface area contributed by atoms with Crippen LogP contribution in [0.1, 0.15) is 0 Å². The van der Waals surface area contributed by atoms with E-state index >= 15 is 0 Å². The summed E-state index contributed by atoms with van der Waals surface area (Å²) in [6, 6.07) is 10.1. The van der Waals surface area contributed by atoms with Crippen LogP contribution >= 0.6 is 15.9 Å². The summed E-state index contributed by atoms with van der Waals surface area (Å²) in [6.45, 7) is 1.17. The maximum Gasteiger partial charge on any atom is 0.230 e. The van der Waals surface area contributed by atoms with Gasteiger partial charge in [0.1, 0.15) is 0 Å². The van der Waals surface area contributed by atoms with Crippen LogP contribution in [0.2, 0.25) is 0 Å². The Morgan fingerprint density at radius 1 is 1.39 bits per heavy atom. The zero-order valence-corrected chi connectivity index (χ0v) is 11.6. The Bertz CT molecular complexity index is 538. The Balaban J connectivity index is 1.98. The molecule has 2 aromatic rings. The number of alkyl halides is 1. The average molecular weight is 310 g/mol. The van der Waals surface area contributed by atoms with Crippen molar-refractivity contribution in [3.8, 4) is 0 Å². The number of nitrogens with zero attached hydrogens (tertiary/aromatic N) is 1. The third kappa shape index (κ3) is 3.11. The van der Waals surface area contributed by atoms with Gasteiger partial charge in [-0.25, -0.2) is 0 Å². The Hall–Kier alpha value is -1.33. The van der Waals surface area contributed by atoms with Crippen LogP contribution in [0.3, 0.4) is 0 Å². The average Bonchev–Trinajstić information content (AvgIpc) is 2.79. The summed E-state index contributed by atoms with van der Waals surface area (Å²) < 4.78 is 2.11. The Kier molecular flexibility index (Phi) is 4.38. The minimum Gasteiger partial charge on any atom is -0.354 e. The first-order valence-electron chi connectivity index (χ1n) is 5.83. The van der Waals surface area contributed by atoms with E-state index in [1.165, 1.54) is 10.9 Å². The van der Waals surface area contributed by atoms with Crippen molar-refractivity contribution in [1.82, 2.24) is 9.88 Å². The fourth-order valence-electron chi connectivity index (χ4n) is 1.91. The molecule has 2 rings (SSSR count). The molecule has 4 nitrogen and oxygen atoms in total. The number of benzene rings is 1. The number of fused-ring (bicyclic) bond motifs is 1. The van der Waals surface area contributed by atoms with Gasteiger partial charge in [-0.2, -0.15) is 0 Å². The van der Waals surface area contributed by atoms with E-state index in [0.717, 1.165) is 0 Å². The van der Waals surface area contributed by atoms with E-state index in [4.69, 9.17) is 5.73 Å². The van der Waals surface area contributed by atoms with Crippen molar-refractivity contribution in [2.75, 3.05) is 11.9 Å². The first-order valence-corrected chi connectivity index (χ1v) is 6.95. The lowest BCUT2D eigenvalue weighted by atomic mass is 10.2. The van der Waals surface area contributed by atoms with E-state index < -0.39 is 0 Å². The molecule has 1 aromatic carbocycles. The lowest BCUT2D eigenvalue weighted by Crippen LogP contribution is -2.40. The highest BCUT2D eigenvalue weighted by Gasteiger charge is 2.07. The lowest BCUT2D eigenvalue weighted by Gasteiger charge is -2.14. The zero-order chi connectivity index (χ0) is 13.0. The third-order valence-electron chi connectivity index (χ3n) is 2.79. The van der Waals surface area contributed by atoms with Crippen molar-refractivity contribution in [3.63, 3.8) is 0 Å². The van der Waals surface area contributed by atoms with Gasteiger partial charge in [-0.3, -0.25) is 4.79 Å². The molecule has 0 radical (unpaired) electrons. The predicted octanol–water partition coefficient (Wildman–Crippen LogP) is 1.48. The van der Waals surface area contributed by atoms with E-state index in [1.807, 2.05) is 18.3 Å². The van der Waals surface area contributed by atoms with Crippen LogP contribution < -0.4 is 11.1 Å². The van der Waals surface area contributed by atoms with Crippen molar-refractivity contribution in [1.29, 1.82) is 0 Å². The van der Waals surface area contributed by atoms with Crippen LogP contribution in [0.5, 0.6) is 0 Å². The van der Waals surface area contributed by atoms with Gasteiger partial charge in [0.2, 0.25) is 5.91 Å². The van der Waals surface area contributed by atoms with Crippen molar-refractivity contribution >= 4 is 32.7 Å². The van der Waals surface area contributed by atoms with Gasteiger partial charge in [0.15, 0.2) is 0 Å². The van der Waals surface area contributed by atoms with E-state index in [-0.39, 0.29) is 11.9 Å². The van der Waals surface area contributed by atoms with Gasteiger partial charge >= 0.3 is 0 Å². The zero-order valence-electron chi connectivity index (χ0n) is 9.97. The number of hydrogen-bond donors (Lipinski definition) is 2. The standard InChI is InChI=1S/C13H16BrN3O/c14-7-13(18)16-8-11(15)9-17-6-5-10-3-1-2-4-12(10)17/h1-6,11H,7-9,15H2,(H,16,18)/t11-/m1/s1. The predicted molar refractivity (Wildman–Crippen MR) is 76.7 cm³/mol. The van der Waals surface area contributed by atoms with Gasteiger partial charge in [0.05, 0.1) is 5.33 Å². The smallest absolute Gasteiger partial charge is 0.230 e. The molecule has 96 valence electrons. The van der Waals surface area contributed by atoms with E-state index in [2.05, 4.69) is 44.0 Å². The van der Waals surface area contributed by atoms with Crippen LogP contribution in [-0.2, 0) is 11.3 Å². The van der Waals surface area contributed by atoms with Gasteiger partial charge in [0.25, 0.3) is 0 Å². The second kappa shape index (κ2) is 6.02. The van der Waals surface area contributed by atoms with Crippen molar-refractivity contribution in [2.24, 2.45) is 5.73 Å². The largest absolute Gasteiger partial charge is 0.354 e. The van der Waals surface area contributed by atoms with Crippen molar-refractivity contribution in [2.45, 2.75) is 12.6 Å². The highest BCUT2D eigenvalue weighted by atomic mass is 79.9. The number of aromatic nitrogens is 1. The summed E-state index contributed by atoms with van der Waals surface area (Å²) in [5.74, 6) is -0.0391. The number of amides is 1. The Morgan fingerprint density at radius 3 is 2.94 bits per heavy atom. The molecule has 0 fully saturated rings. The second-order valence-corrected chi connectivity index (χ2v) is 4.79. The summed E-state index contributed by atoms with van der Waals surface area (Å²) in [7, 11) is 0. The number of halogens is 1. The molecule has 0 saturated heterocycles. The first-order chi connectivity index (χ1) is 8.70. The fourth-order valence-corrected chi connectivity index (χ4v) is 2.11. The van der Waals surface area contributed by atoms with Crippen molar-refractivity contribution in [3.05, 3.63) is 36.5 Å². The van der Waals surface area contributed by atoms with Gasteiger partial charge in [-0.1, -0.05) is 34.1 Å². The number of nitrogens with two attached hydrogens (primary N) is 1. The number of nitrogens with one attached hydrogen (secondary N) is 1. The second-order valence-electron chi connectivity index (χ2n) is 4.22. The molecule has 5 heteroatoms. The molecule has 3 N–H and O–H groups in total. The highest BCUT2D eigenvalue weighted by Crippen LogP contribution is 2.14. The monoisotopic (exact) mass is 309 g/mol. The first kappa shape index (κ1) is 13.1. The molecule has 0 aliphatic rings. The molecule has 1 heterocycles. The summed E-state index contributed by atoms with van der Waals surface area (Å²) >= 11 is 3.10. The molecule has 1 amide bonds. The van der Waals surface area contributed by atoms with Crippen LogP contribution in [0.15, 0.2) is 36.5 Å². The number of rotatable bonds is 5. The quantitative estimate of drug-likeness (QED) is 0.822. The molecular formula is C13H16BrN3O. The molecule has 0 aliphatic carbocycles. The molecule has 0 bridgehead atoms. The van der Waals surface area contributed by atoms with Crippen LogP contribution in [0, 0.1) is 0 Å². The number of carbonyl (C=O) groups is 1. The SMILES string of the molecule is N[C@H](CNC(=O)CBr)Cn1ccc2ccccc21. The topological polar surface area (TPSA) is 60.0 Å². The lowest BCUT2D eigenvalue weighted by molar-refractivity contribution is -0.118. The maximum absolute atomic E-state index is 11.1. The van der Waals surface area contributed by atoms with Gasteiger partial charge < -0.3 is 15.6 Å². The molecule has 1 atom stereocenters. The van der Waals surface area contributed by atoms with Gasteiger partial charge in [0, 0.05) is 30.8 Å². The molecule has 18 heavy (non-hydrogen) atoms. The molecule has 1 aromatic heterocycles. The number of hydrogen-bond acceptors (Lipinski definition) is 2. The van der Waals surface area contributed by atoms with E-state index in [0.29, 0.717) is 18.4 Å². The Labute approximate surface area is 114 Å².